The second kappa shape index (κ2) is 9.52. The van der Waals surface area contributed by atoms with Gasteiger partial charge in [0.25, 0.3) is 0 Å². The monoisotopic (exact) mass is 357 g/mol. The van der Waals surface area contributed by atoms with Crippen LogP contribution in [0.15, 0.2) is 47.1 Å². The zero-order valence-electron chi connectivity index (χ0n) is 15.3. The van der Waals surface area contributed by atoms with Crippen molar-refractivity contribution in [2.24, 2.45) is 0 Å². The van der Waals surface area contributed by atoms with Gasteiger partial charge < -0.3 is 14.5 Å². The highest BCUT2D eigenvalue weighted by Gasteiger charge is 2.11. The van der Waals surface area contributed by atoms with E-state index in [1.54, 1.807) is 6.26 Å². The lowest BCUT2D eigenvalue weighted by Gasteiger charge is -2.26. The summed E-state index contributed by atoms with van der Waals surface area (Å²) in [5.74, 6) is 0.868. The molecule has 0 atom stereocenters. The first kappa shape index (κ1) is 18.6. The lowest BCUT2D eigenvalue weighted by atomic mass is 10.1. The number of rotatable bonds is 8. The van der Waals surface area contributed by atoms with Gasteiger partial charge in [-0.1, -0.05) is 24.3 Å². The number of hydrogen-bond acceptors (Lipinski definition) is 5. The number of likely N-dealkylation sites (N-methyl/N-ethyl adjacent to an activating group) is 1. The fourth-order valence-electron chi connectivity index (χ4n) is 3.01. The number of carbonyl (C=O) groups excluding carboxylic acids is 1. The van der Waals surface area contributed by atoms with Crippen LogP contribution >= 0.6 is 0 Å². The summed E-state index contributed by atoms with van der Waals surface area (Å²) in [5.41, 5.74) is 2.40. The summed E-state index contributed by atoms with van der Waals surface area (Å²) in [6, 6.07) is 12.2. The number of benzene rings is 1. The highest BCUT2D eigenvalue weighted by Crippen LogP contribution is 2.09. The van der Waals surface area contributed by atoms with Crippen LogP contribution in [0.3, 0.4) is 0 Å². The standard InChI is InChI=1S/C20H27N3O3/c1-22(15-19-3-2-10-26-19)16-20(24)21-13-17-4-6-18(7-5-17)14-23-8-11-25-12-9-23/h2-7,10H,8-9,11-16H2,1H3,(H,21,24). The molecular weight excluding hydrogens is 330 g/mol. The van der Waals surface area contributed by atoms with Crippen LogP contribution in [0.2, 0.25) is 0 Å². The van der Waals surface area contributed by atoms with Crippen molar-refractivity contribution in [3.8, 4) is 0 Å². The minimum atomic E-state index is 0.0106. The first-order chi connectivity index (χ1) is 12.7. The van der Waals surface area contributed by atoms with Crippen molar-refractivity contribution in [3.05, 3.63) is 59.5 Å². The maximum Gasteiger partial charge on any atom is 0.234 e. The number of morpholine rings is 1. The zero-order valence-corrected chi connectivity index (χ0v) is 15.3. The molecule has 0 spiro atoms. The number of furan rings is 1. The molecule has 1 aliphatic heterocycles. The highest BCUT2D eigenvalue weighted by molar-refractivity contribution is 5.77. The maximum absolute atomic E-state index is 12.1. The molecule has 1 aromatic carbocycles. The molecule has 6 nitrogen and oxygen atoms in total. The molecule has 1 N–H and O–H groups in total. The van der Waals surface area contributed by atoms with Gasteiger partial charge >= 0.3 is 0 Å². The third-order valence-electron chi connectivity index (χ3n) is 4.44. The molecule has 0 saturated carbocycles. The van der Waals surface area contributed by atoms with E-state index in [4.69, 9.17) is 9.15 Å². The number of ether oxygens (including phenoxy) is 1. The van der Waals surface area contributed by atoms with Crippen LogP contribution in [0.4, 0.5) is 0 Å². The van der Waals surface area contributed by atoms with Gasteiger partial charge in [0.1, 0.15) is 5.76 Å². The number of amides is 1. The van der Waals surface area contributed by atoms with E-state index in [0.29, 0.717) is 19.6 Å². The smallest absolute Gasteiger partial charge is 0.234 e. The molecule has 2 aromatic rings. The molecule has 26 heavy (non-hydrogen) atoms. The van der Waals surface area contributed by atoms with Gasteiger partial charge in [0.05, 0.1) is 32.6 Å². The van der Waals surface area contributed by atoms with E-state index in [1.807, 2.05) is 24.1 Å². The molecule has 0 radical (unpaired) electrons. The molecule has 140 valence electrons. The molecule has 1 saturated heterocycles. The molecule has 0 unspecified atom stereocenters. The Bertz CT molecular complexity index is 664. The second-order valence-corrected chi connectivity index (χ2v) is 6.73. The van der Waals surface area contributed by atoms with E-state index in [9.17, 15) is 4.79 Å². The lowest BCUT2D eigenvalue weighted by molar-refractivity contribution is -0.122. The molecule has 2 heterocycles. The molecule has 1 amide bonds. The average Bonchev–Trinajstić information content (AvgIpc) is 3.15. The molecule has 1 aliphatic rings. The third kappa shape index (κ3) is 5.98. The van der Waals surface area contributed by atoms with E-state index < -0.39 is 0 Å². The van der Waals surface area contributed by atoms with Gasteiger partial charge in [0.15, 0.2) is 0 Å². The van der Waals surface area contributed by atoms with E-state index in [1.165, 1.54) is 5.56 Å². The predicted octanol–water partition coefficient (Wildman–Crippen LogP) is 1.86. The Hall–Kier alpha value is -2.15. The van der Waals surface area contributed by atoms with E-state index in [0.717, 1.165) is 44.2 Å². The lowest BCUT2D eigenvalue weighted by Crippen LogP contribution is -2.35. The van der Waals surface area contributed by atoms with Gasteiger partial charge in [-0.2, -0.15) is 0 Å². The summed E-state index contributed by atoms with van der Waals surface area (Å²) in [6.45, 7) is 6.08. The van der Waals surface area contributed by atoms with Crippen molar-refractivity contribution >= 4 is 5.91 Å². The summed E-state index contributed by atoms with van der Waals surface area (Å²) in [4.78, 5) is 16.4. The Morgan fingerprint density at radius 2 is 1.88 bits per heavy atom. The Kier molecular flexibility index (Phi) is 6.82. The summed E-state index contributed by atoms with van der Waals surface area (Å²) < 4.78 is 10.7. The summed E-state index contributed by atoms with van der Waals surface area (Å²) >= 11 is 0. The average molecular weight is 357 g/mol. The minimum absolute atomic E-state index is 0.0106. The van der Waals surface area contributed by atoms with Gasteiger partial charge in [-0.25, -0.2) is 0 Å². The van der Waals surface area contributed by atoms with Gasteiger partial charge in [-0.15, -0.1) is 0 Å². The highest BCUT2D eigenvalue weighted by atomic mass is 16.5. The summed E-state index contributed by atoms with van der Waals surface area (Å²) in [7, 11) is 1.91. The SMILES string of the molecule is CN(CC(=O)NCc1ccc(CN2CCOCC2)cc1)Cc1ccco1. The molecule has 0 aliphatic carbocycles. The topological polar surface area (TPSA) is 58.0 Å². The maximum atomic E-state index is 12.1. The van der Waals surface area contributed by atoms with Gasteiger partial charge in [0, 0.05) is 26.2 Å². The van der Waals surface area contributed by atoms with Crippen LogP contribution < -0.4 is 5.32 Å². The van der Waals surface area contributed by atoms with E-state index in [2.05, 4.69) is 34.5 Å². The van der Waals surface area contributed by atoms with Crippen molar-refractivity contribution in [1.29, 1.82) is 0 Å². The minimum Gasteiger partial charge on any atom is -0.468 e. The van der Waals surface area contributed by atoms with Crippen LogP contribution in [0.5, 0.6) is 0 Å². The molecule has 0 bridgehead atoms. The fraction of sp³-hybridized carbons (Fsp3) is 0.450. The predicted molar refractivity (Wildman–Crippen MR) is 99.4 cm³/mol. The molecule has 3 rings (SSSR count). The van der Waals surface area contributed by atoms with Crippen LogP contribution in [0.1, 0.15) is 16.9 Å². The summed E-state index contributed by atoms with van der Waals surface area (Å²) in [5, 5.41) is 2.97. The van der Waals surface area contributed by atoms with Gasteiger partial charge in [-0.05, 0) is 30.3 Å². The molecule has 1 fully saturated rings. The Morgan fingerprint density at radius 1 is 1.15 bits per heavy atom. The first-order valence-corrected chi connectivity index (χ1v) is 9.04. The zero-order chi connectivity index (χ0) is 18.2. The molecule has 6 heteroatoms. The Morgan fingerprint density at radius 3 is 2.58 bits per heavy atom. The number of nitrogens with one attached hydrogen (secondary N) is 1. The Labute approximate surface area is 154 Å². The van der Waals surface area contributed by atoms with Crippen LogP contribution in [-0.4, -0.2) is 55.6 Å². The largest absolute Gasteiger partial charge is 0.468 e. The fourth-order valence-corrected chi connectivity index (χ4v) is 3.01. The quantitative estimate of drug-likeness (QED) is 0.782. The van der Waals surface area contributed by atoms with Crippen LogP contribution in [-0.2, 0) is 29.2 Å². The molecular formula is C20H27N3O3. The molecule has 1 aromatic heterocycles. The number of nitrogens with zero attached hydrogens (tertiary/aromatic N) is 2. The van der Waals surface area contributed by atoms with Crippen LogP contribution in [0.25, 0.3) is 0 Å². The van der Waals surface area contributed by atoms with Gasteiger partial charge in [-0.3, -0.25) is 14.6 Å². The Balaban J connectivity index is 1.38. The van der Waals surface area contributed by atoms with Gasteiger partial charge in [0.2, 0.25) is 5.91 Å². The van der Waals surface area contributed by atoms with Crippen LogP contribution in [0, 0.1) is 0 Å². The number of carbonyl (C=O) groups is 1. The van der Waals surface area contributed by atoms with E-state index in [-0.39, 0.29) is 5.91 Å². The van der Waals surface area contributed by atoms with Crippen molar-refractivity contribution < 1.29 is 13.9 Å². The van der Waals surface area contributed by atoms with E-state index >= 15 is 0 Å². The number of hydrogen-bond donors (Lipinski definition) is 1. The normalized spacial score (nSPS) is 15.3. The summed E-state index contributed by atoms with van der Waals surface area (Å²) in [6.07, 6.45) is 1.64. The van der Waals surface area contributed by atoms with Crippen molar-refractivity contribution in [1.82, 2.24) is 15.1 Å². The third-order valence-corrected chi connectivity index (χ3v) is 4.44. The second-order valence-electron chi connectivity index (χ2n) is 6.73. The van der Waals surface area contributed by atoms with Crippen molar-refractivity contribution in [3.63, 3.8) is 0 Å². The van der Waals surface area contributed by atoms with Crippen molar-refractivity contribution in [2.75, 3.05) is 39.9 Å². The first-order valence-electron chi connectivity index (χ1n) is 9.04. The van der Waals surface area contributed by atoms with Crippen molar-refractivity contribution in [2.45, 2.75) is 19.6 Å².